The van der Waals surface area contributed by atoms with Gasteiger partial charge in [0.2, 0.25) is 0 Å². The van der Waals surface area contributed by atoms with Crippen molar-refractivity contribution in [2.24, 2.45) is 0 Å². The fraction of sp³-hybridized carbons (Fsp3) is 0.325. The van der Waals surface area contributed by atoms with E-state index in [4.69, 9.17) is 18.9 Å². The molecule has 0 unspecified atom stereocenters. The molecule has 0 saturated carbocycles. The quantitative estimate of drug-likeness (QED) is 0.0506. The molecule has 49 heavy (non-hydrogen) atoms. The molecule has 4 aromatic carbocycles. The normalized spacial score (nSPS) is 15.1. The number of phenols is 1. The van der Waals surface area contributed by atoms with Crippen LogP contribution < -0.4 is 18.9 Å². The topological polar surface area (TPSA) is 129 Å². The number of hydrogen-bond donors (Lipinski definition) is 2. The smallest absolute Gasteiger partial charge is 0.311 e. The van der Waals surface area contributed by atoms with E-state index < -0.39 is 18.2 Å². The molecular weight excluding hydrogens is 624 g/mol. The molecule has 0 fully saturated rings. The number of aliphatic hydroxyl groups is 1. The first-order valence-electron chi connectivity index (χ1n) is 16.8. The number of carbonyl (C=O) groups is 3. The summed E-state index contributed by atoms with van der Waals surface area (Å²) in [5, 5.41) is 21.7. The van der Waals surface area contributed by atoms with Gasteiger partial charge in [0.15, 0.2) is 36.3 Å². The zero-order valence-electron chi connectivity index (χ0n) is 27.6. The molecule has 0 aliphatic carbocycles. The molecule has 0 amide bonds. The lowest BCUT2D eigenvalue weighted by atomic mass is 9.93. The van der Waals surface area contributed by atoms with E-state index >= 15 is 0 Å². The Labute approximate surface area is 286 Å². The van der Waals surface area contributed by atoms with Crippen LogP contribution in [0.5, 0.6) is 28.7 Å². The Kier molecular flexibility index (Phi) is 12.4. The van der Waals surface area contributed by atoms with Crippen molar-refractivity contribution in [3.63, 3.8) is 0 Å². The summed E-state index contributed by atoms with van der Waals surface area (Å²) in [6.07, 6.45) is 4.59. The third-order valence-corrected chi connectivity index (χ3v) is 8.33. The van der Waals surface area contributed by atoms with Gasteiger partial charge in [-0.2, -0.15) is 0 Å². The van der Waals surface area contributed by atoms with Crippen LogP contribution >= 0.6 is 0 Å². The van der Waals surface area contributed by atoms with E-state index in [0.717, 1.165) is 25.7 Å². The van der Waals surface area contributed by atoms with Crippen LogP contribution in [0.25, 0.3) is 0 Å². The van der Waals surface area contributed by atoms with Crippen molar-refractivity contribution in [2.45, 2.75) is 70.5 Å². The van der Waals surface area contributed by atoms with E-state index in [1.54, 1.807) is 66.7 Å². The van der Waals surface area contributed by atoms with Crippen LogP contribution in [0.3, 0.4) is 0 Å². The number of phenolic OH excluding ortho intramolecular Hbond substituents is 1. The number of unbranched alkanes of at least 4 members (excludes halogenated alkanes) is 5. The summed E-state index contributed by atoms with van der Waals surface area (Å²) in [4.78, 5) is 38.2. The summed E-state index contributed by atoms with van der Waals surface area (Å²) < 4.78 is 23.6. The first-order valence-corrected chi connectivity index (χ1v) is 16.8. The molecule has 0 saturated heterocycles. The number of carbonyl (C=O) groups excluding carboxylic acids is 3. The van der Waals surface area contributed by atoms with E-state index in [9.17, 15) is 24.6 Å². The van der Waals surface area contributed by atoms with Crippen LogP contribution in [0.15, 0.2) is 91.0 Å². The minimum Gasteiger partial charge on any atom is -0.508 e. The predicted octanol–water partition coefficient (Wildman–Crippen LogP) is 7.61. The molecule has 0 spiro atoms. The maximum atomic E-state index is 12.9. The van der Waals surface area contributed by atoms with Gasteiger partial charge < -0.3 is 29.2 Å². The molecule has 256 valence electrons. The average molecular weight is 667 g/mol. The van der Waals surface area contributed by atoms with Gasteiger partial charge in [-0.25, -0.2) is 0 Å². The summed E-state index contributed by atoms with van der Waals surface area (Å²) >= 11 is 0. The molecule has 4 aromatic rings. The number of ketones is 2. The number of hydrogen-bond acceptors (Lipinski definition) is 9. The second-order valence-corrected chi connectivity index (χ2v) is 12.1. The van der Waals surface area contributed by atoms with Gasteiger partial charge >= 0.3 is 5.97 Å². The zero-order valence-corrected chi connectivity index (χ0v) is 27.6. The molecular formula is C40H42O9. The SMILES string of the molecule is CCCCCCCCC(=O)Oc1cc(O)cc2c1C[C@H](O)[C@H](c1ccc(OCC(=O)c3ccccc3)c(OCC(=O)c3ccccc3)c1)O2. The lowest BCUT2D eigenvalue weighted by Crippen LogP contribution is -2.31. The first-order chi connectivity index (χ1) is 23.8. The van der Waals surface area contributed by atoms with Crippen LogP contribution in [0.1, 0.15) is 89.8 Å². The predicted molar refractivity (Wildman–Crippen MR) is 184 cm³/mol. The van der Waals surface area contributed by atoms with Crippen molar-refractivity contribution < 1.29 is 43.5 Å². The molecule has 1 aliphatic heterocycles. The number of benzene rings is 4. The van der Waals surface area contributed by atoms with E-state index in [2.05, 4.69) is 6.92 Å². The highest BCUT2D eigenvalue weighted by Gasteiger charge is 2.33. The molecule has 1 heterocycles. The zero-order chi connectivity index (χ0) is 34.6. The van der Waals surface area contributed by atoms with Crippen molar-refractivity contribution in [1.82, 2.24) is 0 Å². The highest BCUT2D eigenvalue weighted by Crippen LogP contribution is 2.43. The number of Topliss-reactive ketones (excluding diaryl/α,β-unsaturated/α-hetero) is 2. The highest BCUT2D eigenvalue weighted by molar-refractivity contribution is 5.97. The van der Waals surface area contributed by atoms with Crippen molar-refractivity contribution >= 4 is 17.5 Å². The first kappa shape index (κ1) is 35.2. The van der Waals surface area contributed by atoms with Gasteiger partial charge in [-0.3, -0.25) is 14.4 Å². The minimum absolute atomic E-state index is 0.0897. The molecule has 9 heteroatoms. The molecule has 0 bridgehead atoms. The number of fused-ring (bicyclic) bond motifs is 1. The van der Waals surface area contributed by atoms with Gasteiger partial charge in [0.1, 0.15) is 23.4 Å². The van der Waals surface area contributed by atoms with Crippen molar-refractivity contribution in [3.05, 3.63) is 113 Å². The summed E-state index contributed by atoms with van der Waals surface area (Å²) in [5.41, 5.74) is 1.95. The monoisotopic (exact) mass is 666 g/mol. The van der Waals surface area contributed by atoms with Crippen molar-refractivity contribution in [3.8, 4) is 28.7 Å². The Morgan fingerprint density at radius 3 is 2.00 bits per heavy atom. The lowest BCUT2D eigenvalue weighted by Gasteiger charge is -2.32. The summed E-state index contributed by atoms with van der Waals surface area (Å²) in [6, 6.07) is 25.1. The maximum Gasteiger partial charge on any atom is 0.311 e. The molecule has 9 nitrogen and oxygen atoms in total. The number of ether oxygens (including phenoxy) is 4. The van der Waals surface area contributed by atoms with E-state index in [1.807, 2.05) is 12.1 Å². The Hall–Kier alpha value is -5.15. The number of aromatic hydroxyl groups is 1. The van der Waals surface area contributed by atoms with Gasteiger partial charge in [-0.15, -0.1) is 0 Å². The molecule has 0 aromatic heterocycles. The lowest BCUT2D eigenvalue weighted by molar-refractivity contribution is -0.134. The standard InChI is InChI=1S/C40H42O9/c1-2-3-4-5-6-13-18-39(45)48-36-22-30(41)23-37-31(36)24-32(42)40(49-37)29-19-20-35(46-25-33(43)27-14-9-7-10-15-27)38(21-29)47-26-34(44)28-16-11-8-12-17-28/h7-12,14-17,19-23,32,40-42H,2-6,13,18,24-26H2,1H3/t32-,40-/m0/s1. The summed E-state index contributed by atoms with van der Waals surface area (Å²) in [6.45, 7) is 1.60. The number of rotatable bonds is 17. The van der Waals surface area contributed by atoms with Gasteiger partial charge in [-0.05, 0) is 24.1 Å². The minimum atomic E-state index is -1.06. The molecule has 5 rings (SSSR count). The van der Waals surface area contributed by atoms with Crippen LogP contribution in [-0.2, 0) is 11.2 Å². The van der Waals surface area contributed by atoms with Gasteiger partial charge in [0.05, 0.1) is 6.10 Å². The summed E-state index contributed by atoms with van der Waals surface area (Å²) in [5.74, 6) is -0.205. The number of esters is 1. The second kappa shape index (κ2) is 17.3. The van der Waals surface area contributed by atoms with Gasteiger partial charge in [-0.1, -0.05) is 106 Å². The molecule has 0 radical (unpaired) electrons. The molecule has 2 atom stereocenters. The summed E-state index contributed by atoms with van der Waals surface area (Å²) in [7, 11) is 0. The number of aliphatic hydroxyl groups excluding tert-OH is 1. The van der Waals surface area contributed by atoms with Gasteiger partial charge in [0, 0.05) is 41.7 Å². The maximum absolute atomic E-state index is 12.9. The largest absolute Gasteiger partial charge is 0.508 e. The Balaban J connectivity index is 1.32. The van der Waals surface area contributed by atoms with Crippen LogP contribution in [0.2, 0.25) is 0 Å². The fourth-order valence-corrected chi connectivity index (χ4v) is 5.68. The second-order valence-electron chi connectivity index (χ2n) is 12.1. The third kappa shape index (κ3) is 9.70. The van der Waals surface area contributed by atoms with Crippen molar-refractivity contribution in [2.75, 3.05) is 13.2 Å². The third-order valence-electron chi connectivity index (χ3n) is 8.33. The van der Waals surface area contributed by atoms with E-state index in [1.165, 1.54) is 18.6 Å². The molecule has 2 N–H and O–H groups in total. The average Bonchev–Trinajstić information content (AvgIpc) is 3.12. The van der Waals surface area contributed by atoms with Gasteiger partial charge in [0.25, 0.3) is 0 Å². The Morgan fingerprint density at radius 2 is 1.35 bits per heavy atom. The van der Waals surface area contributed by atoms with E-state index in [-0.39, 0.29) is 66.4 Å². The van der Waals surface area contributed by atoms with E-state index in [0.29, 0.717) is 28.7 Å². The van der Waals surface area contributed by atoms with Crippen molar-refractivity contribution in [1.29, 1.82) is 0 Å². The Bertz CT molecular complexity index is 1720. The van der Waals surface area contributed by atoms with Crippen LogP contribution in [0.4, 0.5) is 0 Å². The Morgan fingerprint density at radius 1 is 0.735 bits per heavy atom. The van der Waals surface area contributed by atoms with Crippen LogP contribution in [-0.4, -0.2) is 47.1 Å². The molecule has 1 aliphatic rings. The highest BCUT2D eigenvalue weighted by atomic mass is 16.5. The fourth-order valence-electron chi connectivity index (χ4n) is 5.68. The van der Waals surface area contributed by atoms with Crippen LogP contribution in [0, 0.1) is 0 Å².